The van der Waals surface area contributed by atoms with Crippen LogP contribution in [0.5, 0.6) is 0 Å². The minimum atomic E-state index is -3.29. The van der Waals surface area contributed by atoms with Gasteiger partial charge in [-0.05, 0) is 36.1 Å². The molecular formula is C17H28N2O3S. The number of anilines is 1. The van der Waals surface area contributed by atoms with E-state index in [1.165, 1.54) is 5.56 Å². The second-order valence-electron chi connectivity index (χ2n) is 7.06. The van der Waals surface area contributed by atoms with E-state index in [0.29, 0.717) is 12.1 Å². The first kappa shape index (κ1) is 18.2. The molecule has 1 saturated heterocycles. The minimum Gasteiger partial charge on any atom is -0.379 e. The molecule has 1 aliphatic heterocycles. The smallest absolute Gasteiger partial charge is 0.232 e. The Bertz CT molecular complexity index is 585. The summed E-state index contributed by atoms with van der Waals surface area (Å²) in [5.74, 6) is 0.144. The molecule has 1 aliphatic rings. The van der Waals surface area contributed by atoms with Crippen molar-refractivity contribution in [1.29, 1.82) is 0 Å². The molecule has 0 aromatic heterocycles. The zero-order valence-corrected chi connectivity index (χ0v) is 15.2. The van der Waals surface area contributed by atoms with Gasteiger partial charge >= 0.3 is 0 Å². The van der Waals surface area contributed by atoms with E-state index in [1.807, 2.05) is 24.3 Å². The summed E-state index contributed by atoms with van der Waals surface area (Å²) < 4.78 is 32.3. The van der Waals surface area contributed by atoms with Crippen molar-refractivity contribution < 1.29 is 13.2 Å². The van der Waals surface area contributed by atoms with Gasteiger partial charge in [0.05, 0.1) is 19.0 Å². The number of rotatable bonds is 6. The molecule has 0 saturated carbocycles. The van der Waals surface area contributed by atoms with Crippen LogP contribution in [0, 0.1) is 0 Å². The number of nitrogens with zero attached hydrogens (tertiary/aromatic N) is 1. The van der Waals surface area contributed by atoms with Crippen molar-refractivity contribution in [3.8, 4) is 0 Å². The van der Waals surface area contributed by atoms with Crippen LogP contribution in [0.2, 0.25) is 0 Å². The predicted molar refractivity (Wildman–Crippen MR) is 94.4 cm³/mol. The van der Waals surface area contributed by atoms with E-state index in [9.17, 15) is 8.42 Å². The minimum absolute atomic E-state index is 0.0650. The van der Waals surface area contributed by atoms with Gasteiger partial charge in [-0.15, -0.1) is 0 Å². The third-order valence-electron chi connectivity index (χ3n) is 4.02. The van der Waals surface area contributed by atoms with E-state index in [1.54, 1.807) is 0 Å². The Hall–Kier alpha value is -1.11. The Morgan fingerprint density at radius 3 is 2.30 bits per heavy atom. The average molecular weight is 340 g/mol. The Morgan fingerprint density at radius 2 is 1.74 bits per heavy atom. The molecule has 1 aromatic carbocycles. The summed E-state index contributed by atoms with van der Waals surface area (Å²) in [6.07, 6.45) is 0.634. The summed E-state index contributed by atoms with van der Waals surface area (Å²) in [6.45, 7) is 10.5. The predicted octanol–water partition coefficient (Wildman–Crippen LogP) is 2.45. The van der Waals surface area contributed by atoms with Crippen LogP contribution in [0.3, 0.4) is 0 Å². The van der Waals surface area contributed by atoms with Crippen molar-refractivity contribution in [2.45, 2.75) is 32.6 Å². The summed E-state index contributed by atoms with van der Waals surface area (Å²) in [6, 6.07) is 7.62. The number of sulfonamides is 1. The van der Waals surface area contributed by atoms with E-state index < -0.39 is 10.0 Å². The average Bonchev–Trinajstić information content (AvgIpc) is 2.47. The summed E-state index contributed by atoms with van der Waals surface area (Å²) >= 11 is 0. The summed E-state index contributed by atoms with van der Waals surface area (Å²) in [4.78, 5) is 2.25. The van der Waals surface area contributed by atoms with Gasteiger partial charge in [0.15, 0.2) is 0 Å². The first-order valence-electron chi connectivity index (χ1n) is 8.17. The summed E-state index contributed by atoms with van der Waals surface area (Å²) in [5.41, 5.74) is 1.88. The van der Waals surface area contributed by atoms with Crippen LogP contribution in [-0.2, 0) is 20.2 Å². The molecule has 1 aromatic rings. The molecular weight excluding hydrogens is 312 g/mol. The highest BCUT2D eigenvalue weighted by Gasteiger charge is 2.16. The van der Waals surface area contributed by atoms with Crippen LogP contribution >= 0.6 is 0 Å². The molecule has 0 aliphatic carbocycles. The van der Waals surface area contributed by atoms with Gasteiger partial charge in [-0.1, -0.05) is 32.9 Å². The van der Waals surface area contributed by atoms with Crippen molar-refractivity contribution >= 4 is 15.7 Å². The number of hydrogen-bond acceptors (Lipinski definition) is 4. The second-order valence-corrected chi connectivity index (χ2v) is 8.90. The standard InChI is InChI=1S/C17H28N2O3S/c1-17(2,3)15-5-7-16(8-6-15)18-23(20,21)14-4-9-19-10-12-22-13-11-19/h5-8,18H,4,9-14H2,1-3H3. The third-order valence-corrected chi connectivity index (χ3v) is 5.39. The maximum atomic E-state index is 12.2. The van der Waals surface area contributed by atoms with Gasteiger partial charge in [0.25, 0.3) is 0 Å². The number of hydrogen-bond donors (Lipinski definition) is 1. The molecule has 1 fully saturated rings. The second kappa shape index (κ2) is 7.64. The fourth-order valence-electron chi connectivity index (χ4n) is 2.57. The Balaban J connectivity index is 1.83. The van der Waals surface area contributed by atoms with Crippen LogP contribution in [0.15, 0.2) is 24.3 Å². The Labute approximate surface area is 140 Å². The van der Waals surface area contributed by atoms with Crippen molar-refractivity contribution in [2.24, 2.45) is 0 Å². The third kappa shape index (κ3) is 6.12. The van der Waals surface area contributed by atoms with Gasteiger partial charge in [-0.3, -0.25) is 9.62 Å². The van der Waals surface area contributed by atoms with Crippen molar-refractivity contribution in [3.05, 3.63) is 29.8 Å². The quantitative estimate of drug-likeness (QED) is 0.864. The lowest BCUT2D eigenvalue weighted by atomic mass is 9.87. The normalized spacial score (nSPS) is 17.2. The van der Waals surface area contributed by atoms with Crippen molar-refractivity contribution in [1.82, 2.24) is 4.90 Å². The van der Waals surface area contributed by atoms with Crippen LogP contribution in [0.25, 0.3) is 0 Å². The summed E-state index contributed by atoms with van der Waals surface area (Å²) in [7, 11) is -3.29. The van der Waals surface area contributed by atoms with Gasteiger partial charge in [0.2, 0.25) is 10.0 Å². The van der Waals surface area contributed by atoms with Gasteiger partial charge in [-0.25, -0.2) is 8.42 Å². The van der Waals surface area contributed by atoms with Crippen LogP contribution in [0.4, 0.5) is 5.69 Å². The zero-order valence-electron chi connectivity index (χ0n) is 14.3. The van der Waals surface area contributed by atoms with Crippen LogP contribution < -0.4 is 4.72 Å². The van der Waals surface area contributed by atoms with E-state index in [-0.39, 0.29) is 11.2 Å². The fourth-order valence-corrected chi connectivity index (χ4v) is 3.68. The topological polar surface area (TPSA) is 58.6 Å². The lowest BCUT2D eigenvalue weighted by molar-refractivity contribution is 0.0381. The molecule has 0 amide bonds. The molecule has 1 N–H and O–H groups in total. The number of nitrogens with one attached hydrogen (secondary N) is 1. The molecule has 23 heavy (non-hydrogen) atoms. The molecule has 0 bridgehead atoms. The van der Waals surface area contributed by atoms with Gasteiger partial charge in [0.1, 0.15) is 0 Å². The fraction of sp³-hybridized carbons (Fsp3) is 0.647. The largest absolute Gasteiger partial charge is 0.379 e. The molecule has 0 radical (unpaired) electrons. The van der Waals surface area contributed by atoms with Crippen LogP contribution in [-0.4, -0.2) is 51.9 Å². The Kier molecular flexibility index (Phi) is 6.06. The molecule has 130 valence electrons. The Morgan fingerprint density at radius 1 is 1.13 bits per heavy atom. The molecule has 1 heterocycles. The maximum Gasteiger partial charge on any atom is 0.232 e. The van der Waals surface area contributed by atoms with Gasteiger partial charge in [0, 0.05) is 18.8 Å². The molecule has 0 unspecified atom stereocenters. The highest BCUT2D eigenvalue weighted by molar-refractivity contribution is 7.92. The summed E-state index contributed by atoms with van der Waals surface area (Å²) in [5, 5.41) is 0. The monoisotopic (exact) mass is 340 g/mol. The molecule has 6 heteroatoms. The number of morpholine rings is 1. The molecule has 2 rings (SSSR count). The first-order valence-corrected chi connectivity index (χ1v) is 9.83. The molecule has 0 atom stereocenters. The highest BCUT2D eigenvalue weighted by atomic mass is 32.2. The number of ether oxygens (including phenoxy) is 1. The van der Waals surface area contributed by atoms with Crippen molar-refractivity contribution in [2.75, 3.05) is 43.3 Å². The zero-order chi connectivity index (χ0) is 16.9. The molecule has 5 nitrogen and oxygen atoms in total. The van der Waals surface area contributed by atoms with Gasteiger partial charge < -0.3 is 4.74 Å². The number of benzene rings is 1. The van der Waals surface area contributed by atoms with Crippen LogP contribution in [0.1, 0.15) is 32.8 Å². The van der Waals surface area contributed by atoms with E-state index in [4.69, 9.17) is 4.74 Å². The SMILES string of the molecule is CC(C)(C)c1ccc(NS(=O)(=O)CCCN2CCOCC2)cc1. The van der Waals surface area contributed by atoms with E-state index >= 15 is 0 Å². The van der Waals surface area contributed by atoms with E-state index in [0.717, 1.165) is 32.8 Å². The van der Waals surface area contributed by atoms with Gasteiger partial charge in [-0.2, -0.15) is 0 Å². The molecule has 0 spiro atoms. The first-order chi connectivity index (χ1) is 10.8. The highest BCUT2D eigenvalue weighted by Crippen LogP contribution is 2.23. The lowest BCUT2D eigenvalue weighted by Gasteiger charge is -2.26. The maximum absolute atomic E-state index is 12.2. The van der Waals surface area contributed by atoms with E-state index in [2.05, 4.69) is 30.4 Å². The van der Waals surface area contributed by atoms with Crippen molar-refractivity contribution in [3.63, 3.8) is 0 Å². The lowest BCUT2D eigenvalue weighted by Crippen LogP contribution is -2.37.